The fourth-order valence-corrected chi connectivity index (χ4v) is 1.62. The predicted molar refractivity (Wildman–Crippen MR) is 70.8 cm³/mol. The van der Waals surface area contributed by atoms with Crippen LogP contribution in [0.25, 0.3) is 0 Å². The lowest BCUT2D eigenvalue weighted by Crippen LogP contribution is -2.12. The molecule has 0 aliphatic rings. The standard InChI is InChI=1S/C15H12FNO2/c1-10(18)11-5-7-14(8-6-11)17-15(19)12-3-2-4-13(16)9-12/h2-9H,1H3,(H,17,19). The first-order chi connectivity index (χ1) is 9.06. The summed E-state index contributed by atoms with van der Waals surface area (Å²) in [4.78, 5) is 22.9. The second-order valence-corrected chi connectivity index (χ2v) is 4.10. The Bertz CT molecular complexity index is 620. The zero-order chi connectivity index (χ0) is 13.8. The third kappa shape index (κ3) is 3.25. The highest BCUT2D eigenvalue weighted by atomic mass is 19.1. The van der Waals surface area contributed by atoms with Gasteiger partial charge in [0.2, 0.25) is 0 Å². The highest BCUT2D eigenvalue weighted by Gasteiger charge is 2.07. The van der Waals surface area contributed by atoms with Gasteiger partial charge in [-0.2, -0.15) is 0 Å². The van der Waals surface area contributed by atoms with Crippen molar-refractivity contribution in [2.24, 2.45) is 0 Å². The molecular formula is C15H12FNO2. The average molecular weight is 257 g/mol. The van der Waals surface area contributed by atoms with Crippen LogP contribution in [-0.4, -0.2) is 11.7 Å². The lowest BCUT2D eigenvalue weighted by atomic mass is 10.1. The van der Waals surface area contributed by atoms with E-state index in [1.54, 1.807) is 24.3 Å². The van der Waals surface area contributed by atoms with Crippen LogP contribution in [-0.2, 0) is 0 Å². The van der Waals surface area contributed by atoms with E-state index < -0.39 is 11.7 Å². The third-order valence-electron chi connectivity index (χ3n) is 2.64. The Hall–Kier alpha value is -2.49. The minimum Gasteiger partial charge on any atom is -0.322 e. The van der Waals surface area contributed by atoms with Gasteiger partial charge < -0.3 is 5.32 Å². The van der Waals surface area contributed by atoms with E-state index in [1.807, 2.05) is 0 Å². The van der Waals surface area contributed by atoms with Gasteiger partial charge in [-0.1, -0.05) is 6.07 Å². The molecule has 2 aromatic rings. The molecule has 0 bridgehead atoms. The lowest BCUT2D eigenvalue weighted by Gasteiger charge is -2.05. The maximum atomic E-state index is 13.0. The van der Waals surface area contributed by atoms with Crippen molar-refractivity contribution < 1.29 is 14.0 Å². The monoisotopic (exact) mass is 257 g/mol. The minimum absolute atomic E-state index is 0.0389. The molecule has 0 aromatic heterocycles. The summed E-state index contributed by atoms with van der Waals surface area (Å²) < 4.78 is 13.0. The van der Waals surface area contributed by atoms with Crippen molar-refractivity contribution in [1.82, 2.24) is 0 Å². The van der Waals surface area contributed by atoms with Gasteiger partial charge in [0, 0.05) is 16.8 Å². The minimum atomic E-state index is -0.459. The number of rotatable bonds is 3. The molecule has 3 nitrogen and oxygen atoms in total. The van der Waals surface area contributed by atoms with Crippen LogP contribution in [0.3, 0.4) is 0 Å². The number of amides is 1. The smallest absolute Gasteiger partial charge is 0.255 e. The number of hydrogen-bond donors (Lipinski definition) is 1. The molecule has 4 heteroatoms. The Kier molecular flexibility index (Phi) is 3.71. The predicted octanol–water partition coefficient (Wildman–Crippen LogP) is 3.28. The summed E-state index contributed by atoms with van der Waals surface area (Å²) in [5.74, 6) is -0.891. The molecule has 0 aliphatic carbocycles. The SMILES string of the molecule is CC(=O)c1ccc(NC(=O)c2cccc(F)c2)cc1. The van der Waals surface area contributed by atoms with E-state index in [9.17, 15) is 14.0 Å². The molecule has 0 aliphatic heterocycles. The topological polar surface area (TPSA) is 46.2 Å². The molecule has 0 radical (unpaired) electrons. The molecule has 0 atom stereocenters. The summed E-state index contributed by atoms with van der Waals surface area (Å²) in [7, 11) is 0. The van der Waals surface area contributed by atoms with Crippen molar-refractivity contribution in [3.8, 4) is 0 Å². The van der Waals surface area contributed by atoms with Crippen LogP contribution in [0.1, 0.15) is 27.6 Å². The van der Waals surface area contributed by atoms with Gasteiger partial charge in [0.05, 0.1) is 0 Å². The zero-order valence-corrected chi connectivity index (χ0v) is 10.3. The number of Topliss-reactive ketones (excluding diaryl/α,β-unsaturated/α-hetero) is 1. The second kappa shape index (κ2) is 5.44. The number of carbonyl (C=O) groups is 2. The maximum Gasteiger partial charge on any atom is 0.255 e. The molecule has 2 rings (SSSR count). The van der Waals surface area contributed by atoms with Crippen molar-refractivity contribution in [2.45, 2.75) is 6.92 Å². The summed E-state index contributed by atoms with van der Waals surface area (Å²) in [6, 6.07) is 12.0. The molecule has 0 unspecified atom stereocenters. The highest BCUT2D eigenvalue weighted by Crippen LogP contribution is 2.12. The molecule has 0 spiro atoms. The summed E-state index contributed by atoms with van der Waals surface area (Å²) in [6.07, 6.45) is 0. The van der Waals surface area contributed by atoms with E-state index in [4.69, 9.17) is 0 Å². The van der Waals surface area contributed by atoms with Crippen LogP contribution in [0.4, 0.5) is 10.1 Å². The van der Waals surface area contributed by atoms with Gasteiger partial charge in [0.1, 0.15) is 5.82 Å². The molecule has 0 heterocycles. The molecule has 1 amide bonds. The van der Waals surface area contributed by atoms with Gasteiger partial charge in [-0.15, -0.1) is 0 Å². The Labute approximate surface area is 110 Å². The van der Waals surface area contributed by atoms with E-state index in [2.05, 4.69) is 5.32 Å². The van der Waals surface area contributed by atoms with Crippen LogP contribution < -0.4 is 5.32 Å². The molecule has 2 aromatic carbocycles. The van der Waals surface area contributed by atoms with Crippen molar-refractivity contribution in [1.29, 1.82) is 0 Å². The van der Waals surface area contributed by atoms with Crippen LogP contribution in [0, 0.1) is 5.82 Å². The number of ketones is 1. The Morgan fingerprint density at radius 2 is 1.68 bits per heavy atom. The first-order valence-corrected chi connectivity index (χ1v) is 5.74. The lowest BCUT2D eigenvalue weighted by molar-refractivity contribution is 0.101. The van der Waals surface area contributed by atoms with Crippen molar-refractivity contribution in [2.75, 3.05) is 5.32 Å². The van der Waals surface area contributed by atoms with Crippen molar-refractivity contribution in [3.05, 3.63) is 65.5 Å². The van der Waals surface area contributed by atoms with E-state index in [0.29, 0.717) is 11.3 Å². The maximum absolute atomic E-state index is 13.0. The van der Waals surface area contributed by atoms with Gasteiger partial charge in [-0.25, -0.2) is 4.39 Å². The van der Waals surface area contributed by atoms with E-state index >= 15 is 0 Å². The molecule has 19 heavy (non-hydrogen) atoms. The van der Waals surface area contributed by atoms with Crippen molar-refractivity contribution in [3.63, 3.8) is 0 Å². The van der Waals surface area contributed by atoms with Gasteiger partial charge >= 0.3 is 0 Å². The van der Waals surface area contributed by atoms with E-state index in [1.165, 1.54) is 31.2 Å². The van der Waals surface area contributed by atoms with Crippen LogP contribution in [0.15, 0.2) is 48.5 Å². The number of benzene rings is 2. The van der Waals surface area contributed by atoms with Gasteiger partial charge in [-0.05, 0) is 49.4 Å². The quantitative estimate of drug-likeness (QED) is 0.858. The summed E-state index contributed by atoms with van der Waals surface area (Å²) in [6.45, 7) is 1.47. The Morgan fingerprint density at radius 3 is 2.26 bits per heavy atom. The Morgan fingerprint density at radius 1 is 1.00 bits per heavy atom. The highest BCUT2D eigenvalue weighted by molar-refractivity contribution is 6.04. The van der Waals surface area contributed by atoms with Crippen LogP contribution in [0.2, 0.25) is 0 Å². The van der Waals surface area contributed by atoms with Crippen LogP contribution >= 0.6 is 0 Å². The van der Waals surface area contributed by atoms with Crippen LogP contribution in [0.5, 0.6) is 0 Å². The van der Waals surface area contributed by atoms with E-state index in [-0.39, 0.29) is 11.3 Å². The number of halogens is 1. The first kappa shape index (κ1) is 13.0. The third-order valence-corrected chi connectivity index (χ3v) is 2.64. The van der Waals surface area contributed by atoms with Crippen molar-refractivity contribution >= 4 is 17.4 Å². The summed E-state index contributed by atoms with van der Waals surface area (Å²) in [5, 5.41) is 2.63. The zero-order valence-electron chi connectivity index (χ0n) is 10.3. The summed E-state index contributed by atoms with van der Waals surface area (Å²) >= 11 is 0. The average Bonchev–Trinajstić information content (AvgIpc) is 2.39. The Balaban J connectivity index is 2.13. The largest absolute Gasteiger partial charge is 0.322 e. The normalized spacial score (nSPS) is 10.0. The van der Waals surface area contributed by atoms with E-state index in [0.717, 1.165) is 0 Å². The molecule has 0 saturated heterocycles. The van der Waals surface area contributed by atoms with Gasteiger partial charge in [0.15, 0.2) is 5.78 Å². The fraction of sp³-hybridized carbons (Fsp3) is 0.0667. The molecule has 1 N–H and O–H groups in total. The number of anilines is 1. The molecular weight excluding hydrogens is 245 g/mol. The number of carbonyl (C=O) groups excluding carboxylic acids is 2. The molecule has 0 saturated carbocycles. The molecule has 96 valence electrons. The van der Waals surface area contributed by atoms with Gasteiger partial charge in [-0.3, -0.25) is 9.59 Å². The molecule has 0 fully saturated rings. The number of hydrogen-bond acceptors (Lipinski definition) is 2. The number of nitrogens with one attached hydrogen (secondary N) is 1. The second-order valence-electron chi connectivity index (χ2n) is 4.10. The van der Waals surface area contributed by atoms with Gasteiger partial charge in [0.25, 0.3) is 5.91 Å². The summed E-state index contributed by atoms with van der Waals surface area (Å²) in [5.41, 5.74) is 1.37. The fourth-order valence-electron chi connectivity index (χ4n) is 1.62. The first-order valence-electron chi connectivity index (χ1n) is 5.74.